The Balaban J connectivity index is 2.53. The third-order valence-corrected chi connectivity index (χ3v) is 4.73. The molecule has 0 aliphatic carbocycles. The average Bonchev–Trinajstić information content (AvgIpc) is 2.80. The number of hydrogen-bond donors (Lipinski definition) is 1. The second-order valence-electron chi connectivity index (χ2n) is 5.49. The molecule has 2 atom stereocenters. The Bertz CT molecular complexity index is 351. The average molecular weight is 284 g/mol. The number of nitrogens with one attached hydrogen (secondary N) is 1. The van der Waals surface area contributed by atoms with Crippen LogP contribution in [0.15, 0.2) is 6.33 Å². The molecule has 0 radical (unpaired) electrons. The lowest BCUT2D eigenvalue weighted by atomic mass is 10.2. The predicted octanol–water partition coefficient (Wildman–Crippen LogP) is 2.60. The molecule has 5 heteroatoms. The Labute approximate surface area is 121 Å². The molecule has 0 saturated heterocycles. The van der Waals surface area contributed by atoms with Crippen LogP contribution < -0.4 is 5.32 Å². The zero-order chi connectivity index (χ0) is 14.3. The lowest BCUT2D eigenvalue weighted by Gasteiger charge is -2.18. The van der Waals surface area contributed by atoms with Gasteiger partial charge in [0.15, 0.2) is 0 Å². The van der Waals surface area contributed by atoms with E-state index in [1.54, 1.807) is 6.33 Å². The normalized spacial score (nSPS) is 14.8. The minimum Gasteiger partial charge on any atom is -0.316 e. The summed E-state index contributed by atoms with van der Waals surface area (Å²) >= 11 is 2.03. The number of nitrogens with zero attached hydrogens (tertiary/aromatic N) is 3. The van der Waals surface area contributed by atoms with Gasteiger partial charge in [-0.3, -0.25) is 0 Å². The molecule has 0 bridgehead atoms. The molecule has 1 rings (SSSR count). The van der Waals surface area contributed by atoms with Crippen LogP contribution in [-0.4, -0.2) is 38.9 Å². The molecular weight excluding hydrogens is 256 g/mol. The van der Waals surface area contributed by atoms with Crippen LogP contribution in [0.3, 0.4) is 0 Å². The largest absolute Gasteiger partial charge is 0.316 e. The van der Waals surface area contributed by atoms with Gasteiger partial charge in [0, 0.05) is 30.0 Å². The highest BCUT2D eigenvalue weighted by Crippen LogP contribution is 2.16. The van der Waals surface area contributed by atoms with Crippen LogP contribution in [-0.2, 0) is 13.0 Å². The summed E-state index contributed by atoms with van der Waals surface area (Å²) in [6.45, 7) is 9.90. The van der Waals surface area contributed by atoms with Gasteiger partial charge in [0.05, 0.1) is 0 Å². The molecule has 0 amide bonds. The number of hydrogen-bond acceptors (Lipinski definition) is 4. The van der Waals surface area contributed by atoms with Gasteiger partial charge in [0.1, 0.15) is 12.2 Å². The number of thioether (sulfide) groups is 1. The van der Waals surface area contributed by atoms with Gasteiger partial charge in [-0.2, -0.15) is 16.9 Å². The molecule has 19 heavy (non-hydrogen) atoms. The van der Waals surface area contributed by atoms with E-state index in [9.17, 15) is 0 Å². The third kappa shape index (κ3) is 5.95. The van der Waals surface area contributed by atoms with E-state index in [4.69, 9.17) is 0 Å². The molecule has 0 saturated carbocycles. The molecule has 0 aromatic carbocycles. The van der Waals surface area contributed by atoms with E-state index in [-0.39, 0.29) is 0 Å². The number of likely N-dealkylation sites (N-methyl/N-ethyl adjacent to an activating group) is 1. The topological polar surface area (TPSA) is 42.7 Å². The van der Waals surface area contributed by atoms with Crippen LogP contribution >= 0.6 is 11.8 Å². The van der Waals surface area contributed by atoms with Crippen molar-refractivity contribution >= 4 is 11.8 Å². The van der Waals surface area contributed by atoms with E-state index in [0.29, 0.717) is 12.0 Å². The first-order valence-corrected chi connectivity index (χ1v) is 8.27. The molecule has 2 unspecified atom stereocenters. The van der Waals surface area contributed by atoms with Gasteiger partial charge in [-0.15, -0.1) is 0 Å². The summed E-state index contributed by atoms with van der Waals surface area (Å²) in [4.78, 5) is 4.41. The predicted molar refractivity (Wildman–Crippen MR) is 83.6 cm³/mol. The Morgan fingerprint density at radius 2 is 2.11 bits per heavy atom. The summed E-state index contributed by atoms with van der Waals surface area (Å²) in [5, 5.41) is 8.45. The molecule has 4 nitrogen and oxygen atoms in total. The second-order valence-corrected chi connectivity index (χ2v) is 6.97. The zero-order valence-electron chi connectivity index (χ0n) is 12.9. The first kappa shape index (κ1) is 16.5. The summed E-state index contributed by atoms with van der Waals surface area (Å²) in [7, 11) is 2.03. The summed E-state index contributed by atoms with van der Waals surface area (Å²) < 4.78 is 2.04. The maximum Gasteiger partial charge on any atom is 0.138 e. The monoisotopic (exact) mass is 284 g/mol. The summed E-state index contributed by atoms with van der Waals surface area (Å²) in [5.74, 6) is 2.82. The van der Waals surface area contributed by atoms with E-state index in [0.717, 1.165) is 29.8 Å². The van der Waals surface area contributed by atoms with Gasteiger partial charge in [-0.05, 0) is 19.4 Å². The fourth-order valence-electron chi connectivity index (χ4n) is 1.81. The fraction of sp³-hybridized carbons (Fsp3) is 0.857. The van der Waals surface area contributed by atoms with E-state index in [1.165, 1.54) is 6.42 Å². The lowest BCUT2D eigenvalue weighted by Crippen LogP contribution is -2.32. The maximum absolute atomic E-state index is 4.41. The highest BCUT2D eigenvalue weighted by molar-refractivity contribution is 7.99. The van der Waals surface area contributed by atoms with Crippen LogP contribution in [0.25, 0.3) is 0 Å². The lowest BCUT2D eigenvalue weighted by molar-refractivity contribution is 0.455. The van der Waals surface area contributed by atoms with E-state index < -0.39 is 0 Å². The summed E-state index contributed by atoms with van der Waals surface area (Å²) in [6, 6.07) is 0.467. The van der Waals surface area contributed by atoms with Crippen molar-refractivity contribution in [3.8, 4) is 0 Å². The van der Waals surface area contributed by atoms with Crippen LogP contribution in [0.4, 0.5) is 0 Å². The highest BCUT2D eigenvalue weighted by atomic mass is 32.2. The molecular formula is C14H28N4S. The molecule has 110 valence electrons. The first-order valence-electron chi connectivity index (χ1n) is 7.22. The van der Waals surface area contributed by atoms with Crippen LogP contribution in [0, 0.1) is 5.92 Å². The molecule has 1 aromatic heterocycles. The van der Waals surface area contributed by atoms with Crippen molar-refractivity contribution in [2.24, 2.45) is 5.92 Å². The molecule has 0 spiro atoms. The van der Waals surface area contributed by atoms with Crippen LogP contribution in [0.2, 0.25) is 0 Å². The Morgan fingerprint density at radius 3 is 2.68 bits per heavy atom. The van der Waals surface area contributed by atoms with E-state index in [1.807, 2.05) is 23.5 Å². The maximum atomic E-state index is 4.41. The zero-order valence-corrected chi connectivity index (χ0v) is 13.7. The van der Waals surface area contributed by atoms with Crippen LogP contribution in [0.1, 0.15) is 39.9 Å². The van der Waals surface area contributed by atoms with Crippen molar-refractivity contribution in [1.29, 1.82) is 0 Å². The van der Waals surface area contributed by atoms with Gasteiger partial charge in [0.2, 0.25) is 0 Å². The summed E-state index contributed by atoms with van der Waals surface area (Å²) in [5.41, 5.74) is 0. The number of aromatic nitrogens is 3. The molecule has 1 N–H and O–H groups in total. The minimum atomic E-state index is 0.467. The quantitative estimate of drug-likeness (QED) is 0.757. The molecule has 1 aromatic rings. The van der Waals surface area contributed by atoms with Gasteiger partial charge in [-0.25, -0.2) is 9.67 Å². The number of rotatable bonds is 9. The molecule has 0 aliphatic heterocycles. The summed E-state index contributed by atoms with van der Waals surface area (Å²) in [6.07, 6.45) is 3.85. The SMILES string of the molecule is CCC(C)SCC(Cc1ncnn1CC(C)C)NC. The van der Waals surface area contributed by atoms with Crippen molar-refractivity contribution < 1.29 is 0 Å². The van der Waals surface area contributed by atoms with Gasteiger partial charge in [0.25, 0.3) is 0 Å². The smallest absolute Gasteiger partial charge is 0.138 e. The molecule has 0 aliphatic rings. The van der Waals surface area contributed by atoms with E-state index >= 15 is 0 Å². The molecule has 1 heterocycles. The Kier molecular flexibility index (Phi) is 7.46. The van der Waals surface area contributed by atoms with Gasteiger partial charge in [-0.1, -0.05) is 27.7 Å². The van der Waals surface area contributed by atoms with E-state index in [2.05, 4.69) is 43.1 Å². The van der Waals surface area contributed by atoms with Crippen molar-refractivity contribution in [3.63, 3.8) is 0 Å². The minimum absolute atomic E-state index is 0.467. The second kappa shape index (κ2) is 8.59. The first-order chi connectivity index (χ1) is 9.06. The van der Waals surface area contributed by atoms with Gasteiger partial charge < -0.3 is 5.32 Å². The van der Waals surface area contributed by atoms with Gasteiger partial charge >= 0.3 is 0 Å². The third-order valence-electron chi connectivity index (χ3n) is 3.23. The molecule has 0 fully saturated rings. The van der Waals surface area contributed by atoms with Crippen molar-refractivity contribution in [2.45, 2.75) is 58.4 Å². The van der Waals surface area contributed by atoms with Crippen LogP contribution in [0.5, 0.6) is 0 Å². The van der Waals surface area contributed by atoms with Crippen molar-refractivity contribution in [2.75, 3.05) is 12.8 Å². The van der Waals surface area contributed by atoms with Crippen molar-refractivity contribution in [1.82, 2.24) is 20.1 Å². The standard InChI is InChI=1S/C14H28N4S/c1-6-12(4)19-9-13(15-5)7-14-16-10-17-18(14)8-11(2)3/h10-13,15H,6-9H2,1-5H3. The Morgan fingerprint density at radius 1 is 1.37 bits per heavy atom. The Hall–Kier alpha value is -0.550. The van der Waals surface area contributed by atoms with Crippen molar-refractivity contribution in [3.05, 3.63) is 12.2 Å². The fourth-order valence-corrected chi connectivity index (χ4v) is 2.89. The highest BCUT2D eigenvalue weighted by Gasteiger charge is 2.14.